The van der Waals surface area contributed by atoms with Crippen molar-refractivity contribution in [1.82, 2.24) is 5.06 Å². The molecule has 3 aromatic carbocycles. The van der Waals surface area contributed by atoms with Gasteiger partial charge in [0, 0.05) is 28.8 Å². The van der Waals surface area contributed by atoms with E-state index in [1.54, 1.807) is 12.1 Å². The highest BCUT2D eigenvalue weighted by Gasteiger charge is 2.60. The van der Waals surface area contributed by atoms with E-state index in [-0.39, 0.29) is 11.5 Å². The molecule has 6 rings (SSSR count). The Hall–Kier alpha value is -3.55. The summed E-state index contributed by atoms with van der Waals surface area (Å²) in [6.07, 6.45) is 2.50. The van der Waals surface area contributed by atoms with E-state index in [1.807, 2.05) is 39.8 Å². The molecular weight excluding hydrogens is 470 g/mol. The lowest BCUT2D eigenvalue weighted by molar-refractivity contribution is -0.287. The molecule has 0 bridgehead atoms. The van der Waals surface area contributed by atoms with Gasteiger partial charge in [-0.25, -0.2) is 4.79 Å². The highest BCUT2D eigenvalue weighted by Crippen LogP contribution is 2.61. The molecule has 0 aliphatic carbocycles. The van der Waals surface area contributed by atoms with E-state index in [2.05, 4.69) is 0 Å². The summed E-state index contributed by atoms with van der Waals surface area (Å²) < 4.78 is 12.4. The number of hydroxylamine groups is 2. The fourth-order valence-corrected chi connectivity index (χ4v) is 6.98. The molecule has 1 spiro atoms. The summed E-state index contributed by atoms with van der Waals surface area (Å²) in [6.45, 7) is 8.12. The van der Waals surface area contributed by atoms with Crippen LogP contribution in [0.1, 0.15) is 91.6 Å². The number of carbonyl (C=O) groups is 1. The summed E-state index contributed by atoms with van der Waals surface area (Å²) in [5.41, 5.74) is 1.22. The SMILES string of the molecule is CCC1(CC)c2cc3c(cc2C(CC)(CC)N1[O])C1(OC3=O)c2ccc(O)cc2Oc2cc(O)ccc21. The standard InChI is InChI=1S/C30H30NO6/c1-5-28(6-2)23-15-19-22(16-24(23)29(7-3,8-4)31(28)35)30(37-27(19)34)20-11-9-17(32)13-25(20)36-26-14-18(33)10-12-21(26)30/h9-16,32-33H,5-8H2,1-4H3. The second-order valence-electron chi connectivity index (χ2n) is 10.2. The second kappa shape index (κ2) is 7.73. The van der Waals surface area contributed by atoms with Gasteiger partial charge in [-0.05, 0) is 73.2 Å². The molecule has 7 nitrogen and oxygen atoms in total. The van der Waals surface area contributed by atoms with E-state index in [9.17, 15) is 20.2 Å². The zero-order chi connectivity index (χ0) is 26.3. The molecule has 0 saturated carbocycles. The zero-order valence-corrected chi connectivity index (χ0v) is 21.4. The lowest BCUT2D eigenvalue weighted by Crippen LogP contribution is -2.47. The number of hydrogen-bond acceptors (Lipinski definition) is 6. The number of rotatable bonds is 4. The van der Waals surface area contributed by atoms with Crippen LogP contribution in [-0.4, -0.2) is 21.2 Å². The number of ether oxygens (including phenoxy) is 2. The first kappa shape index (κ1) is 23.8. The Morgan fingerprint density at radius 1 is 0.703 bits per heavy atom. The van der Waals surface area contributed by atoms with Gasteiger partial charge in [-0.2, -0.15) is 0 Å². The third kappa shape index (κ3) is 2.71. The van der Waals surface area contributed by atoms with Gasteiger partial charge in [0.2, 0.25) is 0 Å². The van der Waals surface area contributed by atoms with E-state index in [0.29, 0.717) is 59.4 Å². The lowest BCUT2D eigenvalue weighted by Gasteiger charge is -2.40. The highest BCUT2D eigenvalue weighted by atomic mass is 16.6. The molecule has 3 aromatic rings. The first-order valence-electron chi connectivity index (χ1n) is 13.0. The van der Waals surface area contributed by atoms with Crippen LogP contribution < -0.4 is 4.74 Å². The van der Waals surface area contributed by atoms with E-state index in [4.69, 9.17) is 9.47 Å². The molecule has 3 heterocycles. The smallest absolute Gasteiger partial charge is 0.340 e. The average Bonchev–Trinajstić information content (AvgIpc) is 3.28. The summed E-state index contributed by atoms with van der Waals surface area (Å²) in [7, 11) is 0. The molecule has 37 heavy (non-hydrogen) atoms. The molecule has 7 heteroatoms. The van der Waals surface area contributed by atoms with Crippen molar-refractivity contribution in [3.63, 3.8) is 0 Å². The molecule has 0 aromatic heterocycles. The third-order valence-electron chi connectivity index (χ3n) is 9.03. The Morgan fingerprint density at radius 2 is 1.19 bits per heavy atom. The number of esters is 1. The van der Waals surface area contributed by atoms with E-state index in [1.165, 1.54) is 29.3 Å². The van der Waals surface area contributed by atoms with Gasteiger partial charge in [-0.1, -0.05) is 27.7 Å². The monoisotopic (exact) mass is 500 g/mol. The molecular formula is C30H30NO6. The Kier molecular flexibility index (Phi) is 4.98. The van der Waals surface area contributed by atoms with Gasteiger partial charge in [-0.15, -0.1) is 10.3 Å². The quantitative estimate of drug-likeness (QED) is 0.405. The van der Waals surface area contributed by atoms with Gasteiger partial charge in [0.15, 0.2) is 5.60 Å². The summed E-state index contributed by atoms with van der Waals surface area (Å²) in [4.78, 5) is 13.6. The van der Waals surface area contributed by atoms with Crippen molar-refractivity contribution in [3.8, 4) is 23.0 Å². The Labute approximate surface area is 215 Å². The molecule has 1 radical (unpaired) electrons. The van der Waals surface area contributed by atoms with Crippen molar-refractivity contribution in [3.05, 3.63) is 81.9 Å². The first-order chi connectivity index (χ1) is 17.7. The topological polar surface area (TPSA) is 99.1 Å². The first-order valence-corrected chi connectivity index (χ1v) is 13.0. The number of phenolic OH excluding ortho intramolecular Hbond substituents is 2. The zero-order valence-electron chi connectivity index (χ0n) is 21.4. The predicted octanol–water partition coefficient (Wildman–Crippen LogP) is 6.36. The minimum Gasteiger partial charge on any atom is -0.508 e. The molecule has 0 atom stereocenters. The van der Waals surface area contributed by atoms with Crippen LogP contribution in [0.3, 0.4) is 0 Å². The minimum absolute atomic E-state index is 0.00431. The number of benzene rings is 3. The maximum absolute atomic E-state index is 14.1. The lowest BCUT2D eigenvalue weighted by atomic mass is 9.74. The largest absolute Gasteiger partial charge is 0.508 e. The van der Waals surface area contributed by atoms with Crippen LogP contribution in [0.5, 0.6) is 23.0 Å². The van der Waals surface area contributed by atoms with Crippen LogP contribution in [0.2, 0.25) is 0 Å². The van der Waals surface area contributed by atoms with Crippen LogP contribution in [0, 0.1) is 0 Å². The third-order valence-corrected chi connectivity index (χ3v) is 9.03. The molecule has 3 aliphatic rings. The van der Waals surface area contributed by atoms with Gasteiger partial charge < -0.3 is 19.7 Å². The molecule has 2 N–H and O–H groups in total. The van der Waals surface area contributed by atoms with Crippen LogP contribution in [0.25, 0.3) is 0 Å². The Morgan fingerprint density at radius 3 is 1.68 bits per heavy atom. The van der Waals surface area contributed by atoms with Crippen LogP contribution in [0.15, 0.2) is 48.5 Å². The van der Waals surface area contributed by atoms with Crippen LogP contribution in [-0.2, 0) is 26.6 Å². The predicted molar refractivity (Wildman–Crippen MR) is 135 cm³/mol. The van der Waals surface area contributed by atoms with E-state index >= 15 is 0 Å². The van der Waals surface area contributed by atoms with Gasteiger partial charge in [-0.3, -0.25) is 0 Å². The summed E-state index contributed by atoms with van der Waals surface area (Å²) in [5, 5.41) is 35.8. The van der Waals surface area contributed by atoms with Crippen molar-refractivity contribution in [2.45, 2.75) is 70.1 Å². The second-order valence-corrected chi connectivity index (χ2v) is 10.2. The van der Waals surface area contributed by atoms with Crippen molar-refractivity contribution in [2.75, 3.05) is 0 Å². The molecule has 0 fully saturated rings. The van der Waals surface area contributed by atoms with Gasteiger partial charge in [0.25, 0.3) is 0 Å². The van der Waals surface area contributed by atoms with Crippen LogP contribution >= 0.6 is 0 Å². The Balaban J connectivity index is 1.72. The summed E-state index contributed by atoms with van der Waals surface area (Å²) in [6, 6.07) is 13.3. The summed E-state index contributed by atoms with van der Waals surface area (Å²) >= 11 is 0. The number of phenols is 2. The maximum atomic E-state index is 14.1. The van der Waals surface area contributed by atoms with Crippen molar-refractivity contribution < 1.29 is 29.7 Å². The fraction of sp³-hybridized carbons (Fsp3) is 0.367. The minimum atomic E-state index is -1.35. The number of hydrogen-bond donors (Lipinski definition) is 2. The maximum Gasteiger partial charge on any atom is 0.340 e. The van der Waals surface area contributed by atoms with E-state index in [0.717, 1.165) is 11.1 Å². The highest BCUT2D eigenvalue weighted by molar-refractivity contribution is 5.97. The fourth-order valence-electron chi connectivity index (χ4n) is 6.98. The van der Waals surface area contributed by atoms with Crippen LogP contribution in [0.4, 0.5) is 0 Å². The van der Waals surface area contributed by atoms with Gasteiger partial charge >= 0.3 is 5.97 Å². The normalized spacial score (nSPS) is 19.5. The van der Waals surface area contributed by atoms with Gasteiger partial charge in [0.05, 0.1) is 16.6 Å². The Bertz CT molecular complexity index is 1400. The van der Waals surface area contributed by atoms with Crippen molar-refractivity contribution in [2.24, 2.45) is 0 Å². The van der Waals surface area contributed by atoms with E-state index < -0.39 is 22.6 Å². The number of nitrogens with zero attached hydrogens (tertiary/aromatic N) is 1. The number of carbonyl (C=O) groups excluding carboxylic acids is 1. The molecule has 3 aliphatic heterocycles. The summed E-state index contributed by atoms with van der Waals surface area (Å²) in [5.74, 6) is 0.188. The molecule has 0 amide bonds. The number of aromatic hydroxyl groups is 2. The van der Waals surface area contributed by atoms with Crippen molar-refractivity contribution in [1.29, 1.82) is 0 Å². The van der Waals surface area contributed by atoms with Gasteiger partial charge in [0.1, 0.15) is 23.0 Å². The molecule has 191 valence electrons. The molecule has 0 saturated heterocycles. The molecule has 0 unspecified atom stereocenters. The number of fused-ring (bicyclic) bond motifs is 7. The average molecular weight is 501 g/mol. The van der Waals surface area contributed by atoms with Crippen molar-refractivity contribution >= 4 is 5.97 Å².